The zero-order valence-corrected chi connectivity index (χ0v) is 8.24. The molecule has 0 amide bonds. The molecule has 1 N–H and O–H groups in total. The summed E-state index contributed by atoms with van der Waals surface area (Å²) in [5, 5.41) is 8.29. The number of anilines is 1. The molecular weight excluding hydrogens is 206 g/mol. The smallest absolute Gasteiger partial charge is 0.278 e. The van der Waals surface area contributed by atoms with Gasteiger partial charge in [-0.1, -0.05) is 0 Å². The van der Waals surface area contributed by atoms with Crippen LogP contribution in [0.1, 0.15) is 0 Å². The third kappa shape index (κ3) is 1.95. The molecule has 0 unspecified atom stereocenters. The molecule has 0 radical (unpaired) electrons. The largest absolute Gasteiger partial charge is 0.321 e. The predicted octanol–water partition coefficient (Wildman–Crippen LogP) is -0.260. The summed E-state index contributed by atoms with van der Waals surface area (Å²) in [5.41, 5.74) is 2.15. The van der Waals surface area contributed by atoms with Gasteiger partial charge in [0, 0.05) is 11.5 Å². The number of nitrogens with one attached hydrogen (secondary N) is 1. The summed E-state index contributed by atoms with van der Waals surface area (Å²) in [6.45, 7) is 1.85. The third-order valence-corrected chi connectivity index (χ3v) is 2.83. The lowest BCUT2D eigenvalue weighted by Crippen LogP contribution is -2.61. The van der Waals surface area contributed by atoms with Gasteiger partial charge in [-0.15, -0.1) is 4.91 Å². The average molecular weight is 216 g/mol. The van der Waals surface area contributed by atoms with Crippen LogP contribution in [0.5, 0.6) is 0 Å². The highest BCUT2D eigenvalue weighted by Crippen LogP contribution is 2.06. The fourth-order valence-corrected chi connectivity index (χ4v) is 2.11. The lowest BCUT2D eigenvalue weighted by atomic mass is 10.6. The van der Waals surface area contributed by atoms with E-state index >= 15 is 0 Å². The minimum absolute atomic E-state index is 0.248. The monoisotopic (exact) mass is 216 g/mol. The van der Waals surface area contributed by atoms with E-state index in [-0.39, 0.29) is 5.88 Å². The summed E-state index contributed by atoms with van der Waals surface area (Å²) in [7, 11) is 0. The van der Waals surface area contributed by atoms with Gasteiger partial charge in [0.25, 0.3) is 6.20 Å². The van der Waals surface area contributed by atoms with Gasteiger partial charge in [-0.2, -0.15) is 16.8 Å². The summed E-state index contributed by atoms with van der Waals surface area (Å²) in [4.78, 5) is 11.5. The van der Waals surface area contributed by atoms with Crippen molar-refractivity contribution in [3.8, 4) is 0 Å². The van der Waals surface area contributed by atoms with Gasteiger partial charge < -0.3 is 0 Å². The quantitative estimate of drug-likeness (QED) is 0.426. The number of nitrogens with zero attached hydrogens (tertiary/aromatic N) is 4. The van der Waals surface area contributed by atoms with E-state index in [2.05, 4.69) is 16.0 Å². The van der Waals surface area contributed by atoms with Gasteiger partial charge >= 0.3 is 5.88 Å². The Morgan fingerprint density at radius 1 is 1.64 bits per heavy atom. The van der Waals surface area contributed by atoms with Gasteiger partial charge in [0.1, 0.15) is 0 Å². The lowest BCUT2D eigenvalue weighted by Gasteiger charge is -2.17. The SMILES string of the molecule is O=NNc1c[n+](N2CCSCC2)no1. The Labute approximate surface area is 84.3 Å². The van der Waals surface area contributed by atoms with Crippen molar-refractivity contribution >= 4 is 17.6 Å². The fraction of sp³-hybridized carbons (Fsp3) is 0.667. The third-order valence-electron chi connectivity index (χ3n) is 1.89. The van der Waals surface area contributed by atoms with Gasteiger partial charge in [-0.3, -0.25) is 4.52 Å². The zero-order chi connectivity index (χ0) is 9.80. The molecule has 0 saturated carbocycles. The van der Waals surface area contributed by atoms with Crippen LogP contribution in [0.4, 0.5) is 5.88 Å². The first kappa shape index (κ1) is 9.25. The van der Waals surface area contributed by atoms with Crippen LogP contribution in [-0.2, 0) is 0 Å². The van der Waals surface area contributed by atoms with Crippen molar-refractivity contribution in [3.05, 3.63) is 11.1 Å². The zero-order valence-electron chi connectivity index (χ0n) is 7.42. The van der Waals surface area contributed by atoms with Crippen molar-refractivity contribution in [2.75, 3.05) is 35.0 Å². The first-order chi connectivity index (χ1) is 6.90. The van der Waals surface area contributed by atoms with Crippen molar-refractivity contribution < 1.29 is 9.31 Å². The van der Waals surface area contributed by atoms with E-state index < -0.39 is 0 Å². The number of aromatic nitrogens is 2. The molecule has 0 bridgehead atoms. The molecule has 0 aliphatic carbocycles. The molecule has 0 atom stereocenters. The Kier molecular flexibility index (Phi) is 2.82. The van der Waals surface area contributed by atoms with Crippen molar-refractivity contribution in [2.45, 2.75) is 0 Å². The first-order valence-corrected chi connectivity index (χ1v) is 5.35. The van der Waals surface area contributed by atoms with Crippen LogP contribution in [0.2, 0.25) is 0 Å². The molecule has 8 heteroatoms. The first-order valence-electron chi connectivity index (χ1n) is 4.20. The summed E-state index contributed by atoms with van der Waals surface area (Å²) in [6.07, 6.45) is 1.59. The number of nitroso groups, excluding NO2 is 1. The molecule has 1 aromatic rings. The summed E-state index contributed by atoms with van der Waals surface area (Å²) in [5.74, 6) is 2.40. The van der Waals surface area contributed by atoms with Crippen LogP contribution in [0.3, 0.4) is 0 Å². The van der Waals surface area contributed by atoms with E-state index in [9.17, 15) is 4.91 Å². The summed E-state index contributed by atoms with van der Waals surface area (Å²) in [6, 6.07) is 0. The Morgan fingerprint density at radius 3 is 3.14 bits per heavy atom. The Bertz CT molecular complexity index is 311. The molecule has 2 heterocycles. The summed E-state index contributed by atoms with van der Waals surface area (Å²) >= 11 is 1.91. The number of hydrogen-bond donors (Lipinski definition) is 1. The van der Waals surface area contributed by atoms with Crippen molar-refractivity contribution in [1.82, 2.24) is 5.27 Å². The molecular formula is C6H10N5O2S+. The highest BCUT2D eigenvalue weighted by Gasteiger charge is 2.22. The molecule has 76 valence electrons. The second-order valence-electron chi connectivity index (χ2n) is 2.76. The second-order valence-corrected chi connectivity index (χ2v) is 3.98. The van der Waals surface area contributed by atoms with Gasteiger partial charge in [0.05, 0.1) is 23.2 Å². The Balaban J connectivity index is 2.03. The average Bonchev–Trinajstić information content (AvgIpc) is 2.68. The van der Waals surface area contributed by atoms with Crippen LogP contribution in [0.25, 0.3) is 0 Å². The van der Waals surface area contributed by atoms with Gasteiger partial charge in [-0.05, 0) is 0 Å². The maximum absolute atomic E-state index is 9.88. The van der Waals surface area contributed by atoms with Crippen molar-refractivity contribution in [3.63, 3.8) is 0 Å². The van der Waals surface area contributed by atoms with Crippen molar-refractivity contribution in [1.29, 1.82) is 0 Å². The molecule has 1 saturated heterocycles. The van der Waals surface area contributed by atoms with Crippen LogP contribution in [-0.4, -0.2) is 29.9 Å². The molecule has 0 aromatic carbocycles. The topological polar surface area (TPSA) is 74.6 Å². The minimum Gasteiger partial charge on any atom is -0.278 e. The van der Waals surface area contributed by atoms with E-state index in [1.54, 1.807) is 11.0 Å². The molecule has 1 aromatic heterocycles. The number of rotatable bonds is 3. The van der Waals surface area contributed by atoms with E-state index in [0.717, 1.165) is 24.6 Å². The lowest BCUT2D eigenvalue weighted by molar-refractivity contribution is -0.757. The van der Waals surface area contributed by atoms with E-state index in [4.69, 9.17) is 4.52 Å². The predicted molar refractivity (Wildman–Crippen MR) is 51.4 cm³/mol. The molecule has 0 spiro atoms. The number of thioether (sulfide) groups is 1. The highest BCUT2D eigenvalue weighted by atomic mass is 32.2. The van der Waals surface area contributed by atoms with Crippen molar-refractivity contribution in [2.24, 2.45) is 5.29 Å². The van der Waals surface area contributed by atoms with Crippen LogP contribution >= 0.6 is 11.8 Å². The van der Waals surface area contributed by atoms with E-state index in [1.165, 1.54) is 0 Å². The molecule has 2 rings (SSSR count). The van der Waals surface area contributed by atoms with Crippen LogP contribution in [0, 0.1) is 4.91 Å². The molecule has 1 aliphatic rings. The van der Waals surface area contributed by atoms with Crippen LogP contribution < -0.4 is 15.2 Å². The maximum Gasteiger partial charge on any atom is 0.321 e. The standard InChI is InChI=1S/C6H9N5O2S/c12-8-7-6-5-11(9-13-6)10-1-3-14-4-2-10/h5H,1-4H2/p+1. The summed E-state index contributed by atoms with van der Waals surface area (Å²) < 4.78 is 4.82. The van der Waals surface area contributed by atoms with Gasteiger partial charge in [-0.25, -0.2) is 5.43 Å². The molecule has 7 nitrogen and oxygen atoms in total. The normalized spacial score (nSPS) is 16.7. The van der Waals surface area contributed by atoms with Gasteiger partial charge in [0.15, 0.2) is 0 Å². The van der Waals surface area contributed by atoms with E-state index in [1.807, 2.05) is 16.8 Å². The minimum atomic E-state index is 0.248. The van der Waals surface area contributed by atoms with Crippen LogP contribution in [0.15, 0.2) is 16.0 Å². The maximum atomic E-state index is 9.88. The Hall–Kier alpha value is -1.31. The van der Waals surface area contributed by atoms with E-state index in [0.29, 0.717) is 0 Å². The number of hydrogen-bond acceptors (Lipinski definition) is 6. The molecule has 14 heavy (non-hydrogen) atoms. The second kappa shape index (κ2) is 4.27. The van der Waals surface area contributed by atoms with Gasteiger partial charge in [0.2, 0.25) is 5.27 Å². The Morgan fingerprint density at radius 2 is 2.43 bits per heavy atom. The highest BCUT2D eigenvalue weighted by molar-refractivity contribution is 7.99. The molecule has 1 aliphatic heterocycles. The fourth-order valence-electron chi connectivity index (χ4n) is 1.22. The molecule has 1 fully saturated rings.